The zero-order valence-corrected chi connectivity index (χ0v) is 20.3. The molecule has 0 aliphatic carbocycles. The van der Waals surface area contributed by atoms with E-state index in [0.717, 1.165) is 0 Å². The molecule has 166 valence electrons. The number of ether oxygens (including phenoxy) is 2. The van der Waals surface area contributed by atoms with E-state index in [1.807, 2.05) is 13.8 Å². The van der Waals surface area contributed by atoms with Crippen molar-refractivity contribution in [1.29, 1.82) is 0 Å². The first kappa shape index (κ1) is 25.0. The quantitative estimate of drug-likeness (QED) is 0.294. The second-order valence-electron chi connectivity index (χ2n) is 6.50. The van der Waals surface area contributed by atoms with Crippen molar-refractivity contribution >= 4 is 57.2 Å². The first-order valence-corrected chi connectivity index (χ1v) is 10.9. The number of nitrogens with zero attached hydrogens (tertiary/aromatic N) is 1. The largest absolute Gasteiger partial charge is 0.493 e. The Bertz CT molecular complexity index is 965. The maximum Gasteiger partial charge on any atom is 0.329 e. The van der Waals surface area contributed by atoms with Crippen LogP contribution in [0.4, 0.5) is 0 Å². The molecule has 0 aromatic heterocycles. The van der Waals surface area contributed by atoms with E-state index in [1.165, 1.54) is 13.3 Å². The summed E-state index contributed by atoms with van der Waals surface area (Å²) in [4.78, 5) is 23.5. The van der Waals surface area contributed by atoms with Crippen LogP contribution in [0.15, 0.2) is 39.9 Å². The Morgan fingerprint density at radius 2 is 1.90 bits per heavy atom. The fourth-order valence-electron chi connectivity index (χ4n) is 2.38. The van der Waals surface area contributed by atoms with E-state index in [-0.39, 0.29) is 12.6 Å². The van der Waals surface area contributed by atoms with Gasteiger partial charge in [0.25, 0.3) is 0 Å². The predicted molar refractivity (Wildman–Crippen MR) is 125 cm³/mol. The summed E-state index contributed by atoms with van der Waals surface area (Å²) in [7, 11) is 1.50. The van der Waals surface area contributed by atoms with E-state index < -0.39 is 11.8 Å². The number of benzene rings is 2. The molecular weight excluding hydrogens is 509 g/mol. The van der Waals surface area contributed by atoms with Gasteiger partial charge in [0, 0.05) is 21.7 Å². The molecule has 2 rings (SSSR count). The van der Waals surface area contributed by atoms with Crippen molar-refractivity contribution in [2.45, 2.75) is 32.9 Å². The van der Waals surface area contributed by atoms with Crippen LogP contribution in [0.5, 0.6) is 11.5 Å². The van der Waals surface area contributed by atoms with Gasteiger partial charge in [-0.05, 0) is 59.1 Å². The number of halogens is 3. The van der Waals surface area contributed by atoms with Crippen molar-refractivity contribution in [1.82, 2.24) is 10.7 Å². The zero-order chi connectivity index (χ0) is 23.0. The summed E-state index contributed by atoms with van der Waals surface area (Å²) in [6.45, 7) is 3.85. The number of carbonyl (C=O) groups is 2. The number of hydrogen-bond acceptors (Lipinski definition) is 5. The molecule has 0 heterocycles. The van der Waals surface area contributed by atoms with Crippen LogP contribution in [0.2, 0.25) is 10.0 Å². The molecule has 2 amide bonds. The Morgan fingerprint density at radius 1 is 1.23 bits per heavy atom. The molecule has 2 N–H and O–H groups in total. The second kappa shape index (κ2) is 11.9. The molecule has 0 aliphatic rings. The Labute approximate surface area is 199 Å². The molecule has 0 bridgehead atoms. The first-order chi connectivity index (χ1) is 14.8. The van der Waals surface area contributed by atoms with Gasteiger partial charge in [-0.3, -0.25) is 9.59 Å². The first-order valence-electron chi connectivity index (χ1n) is 9.33. The van der Waals surface area contributed by atoms with Crippen LogP contribution in [0.25, 0.3) is 0 Å². The molecular formula is C21H22BrCl2N3O4. The highest BCUT2D eigenvalue weighted by atomic mass is 79.9. The van der Waals surface area contributed by atoms with Crippen LogP contribution in [0, 0.1) is 0 Å². The fourth-order valence-corrected chi connectivity index (χ4v) is 3.46. The molecule has 31 heavy (non-hydrogen) atoms. The minimum Gasteiger partial charge on any atom is -0.493 e. The van der Waals surface area contributed by atoms with Crippen molar-refractivity contribution in [2.75, 3.05) is 7.11 Å². The summed E-state index contributed by atoms with van der Waals surface area (Å²) >= 11 is 15.8. The molecule has 10 heteroatoms. The van der Waals surface area contributed by atoms with Gasteiger partial charge in [-0.2, -0.15) is 5.10 Å². The summed E-state index contributed by atoms with van der Waals surface area (Å²) in [5.74, 6) is -0.709. The molecule has 0 saturated carbocycles. The van der Waals surface area contributed by atoms with Crippen molar-refractivity contribution < 1.29 is 19.1 Å². The number of amides is 2. The Balaban J connectivity index is 2.09. The molecule has 2 aromatic rings. The van der Waals surface area contributed by atoms with E-state index in [2.05, 4.69) is 31.8 Å². The van der Waals surface area contributed by atoms with Crippen molar-refractivity contribution in [3.63, 3.8) is 0 Å². The van der Waals surface area contributed by atoms with Crippen LogP contribution in [0.3, 0.4) is 0 Å². The summed E-state index contributed by atoms with van der Waals surface area (Å²) in [6, 6.07) is 8.51. The van der Waals surface area contributed by atoms with Gasteiger partial charge in [0.2, 0.25) is 0 Å². The van der Waals surface area contributed by atoms with Gasteiger partial charge in [-0.15, -0.1) is 0 Å². The molecule has 0 fully saturated rings. The summed E-state index contributed by atoms with van der Waals surface area (Å²) in [6.07, 6.45) is 2.10. The summed E-state index contributed by atoms with van der Waals surface area (Å²) in [5, 5.41) is 7.38. The fraction of sp³-hybridized carbons (Fsp3) is 0.286. The maximum atomic E-state index is 11.8. The Morgan fingerprint density at radius 3 is 2.52 bits per heavy atom. The molecule has 2 aromatic carbocycles. The lowest BCUT2D eigenvalue weighted by atomic mass is 10.2. The topological polar surface area (TPSA) is 89.0 Å². The number of hydrazone groups is 1. The number of rotatable bonds is 8. The van der Waals surface area contributed by atoms with Crippen molar-refractivity contribution in [3.8, 4) is 11.5 Å². The average molecular weight is 531 g/mol. The smallest absolute Gasteiger partial charge is 0.329 e. The monoisotopic (exact) mass is 529 g/mol. The van der Waals surface area contributed by atoms with E-state index >= 15 is 0 Å². The SMILES string of the molecule is CC[C@H](C)NC(=O)C(=O)N/N=C\c1cc(Br)c(OCc2c(Cl)cccc2Cl)c(OC)c1. The minimum atomic E-state index is -0.848. The van der Waals surface area contributed by atoms with Crippen LogP contribution in [0.1, 0.15) is 31.4 Å². The van der Waals surface area contributed by atoms with Crippen molar-refractivity contribution in [3.05, 3.63) is 56.0 Å². The van der Waals surface area contributed by atoms with Gasteiger partial charge in [0.05, 0.1) is 17.8 Å². The molecule has 0 unspecified atom stereocenters. The van der Waals surface area contributed by atoms with E-state index in [4.69, 9.17) is 32.7 Å². The maximum absolute atomic E-state index is 11.8. The minimum absolute atomic E-state index is 0.101. The number of hydrogen-bond donors (Lipinski definition) is 2. The Kier molecular flexibility index (Phi) is 9.61. The van der Waals surface area contributed by atoms with Gasteiger partial charge >= 0.3 is 11.8 Å². The molecule has 0 radical (unpaired) electrons. The molecule has 1 atom stereocenters. The number of methoxy groups -OCH3 is 1. The van der Waals surface area contributed by atoms with Gasteiger partial charge < -0.3 is 14.8 Å². The third kappa shape index (κ3) is 7.12. The van der Waals surface area contributed by atoms with Gasteiger partial charge in [0.1, 0.15) is 6.61 Å². The standard InChI is InChI=1S/C21H22BrCl2N3O4/c1-4-12(2)26-20(28)21(29)27-25-10-13-8-15(22)19(18(9-13)30-3)31-11-14-16(23)6-5-7-17(14)24/h5-10,12H,4,11H2,1-3H3,(H,26,28)(H,27,29)/b25-10-/t12-/m0/s1. The molecule has 0 saturated heterocycles. The molecule has 0 spiro atoms. The van der Waals surface area contributed by atoms with E-state index in [1.54, 1.807) is 30.3 Å². The van der Waals surface area contributed by atoms with Crippen LogP contribution in [-0.4, -0.2) is 31.2 Å². The second-order valence-corrected chi connectivity index (χ2v) is 8.17. The Hall–Kier alpha value is -2.29. The zero-order valence-electron chi connectivity index (χ0n) is 17.2. The average Bonchev–Trinajstić information content (AvgIpc) is 2.73. The lowest BCUT2D eigenvalue weighted by Gasteiger charge is -2.15. The third-order valence-corrected chi connectivity index (χ3v) is 5.55. The molecule has 7 nitrogen and oxygen atoms in total. The lowest BCUT2D eigenvalue weighted by Crippen LogP contribution is -2.41. The van der Waals surface area contributed by atoms with Gasteiger partial charge in [0.15, 0.2) is 11.5 Å². The number of carbonyl (C=O) groups excluding carboxylic acids is 2. The summed E-state index contributed by atoms with van der Waals surface area (Å²) < 4.78 is 11.9. The molecule has 0 aliphatic heterocycles. The van der Waals surface area contributed by atoms with Gasteiger partial charge in [-0.25, -0.2) is 5.43 Å². The highest BCUT2D eigenvalue weighted by Gasteiger charge is 2.15. The summed E-state index contributed by atoms with van der Waals surface area (Å²) in [5.41, 5.74) is 3.46. The third-order valence-electron chi connectivity index (χ3n) is 4.25. The van der Waals surface area contributed by atoms with E-state index in [0.29, 0.717) is 43.6 Å². The normalized spacial score (nSPS) is 11.8. The number of nitrogens with one attached hydrogen (secondary N) is 2. The van der Waals surface area contributed by atoms with E-state index in [9.17, 15) is 9.59 Å². The highest BCUT2D eigenvalue weighted by Crippen LogP contribution is 2.37. The predicted octanol–water partition coefficient (Wildman–Crippen LogP) is 4.71. The van der Waals surface area contributed by atoms with Crippen molar-refractivity contribution in [2.24, 2.45) is 5.10 Å². The van der Waals surface area contributed by atoms with Crippen LogP contribution < -0.4 is 20.2 Å². The lowest BCUT2D eigenvalue weighted by molar-refractivity contribution is -0.139. The van der Waals surface area contributed by atoms with Gasteiger partial charge in [-0.1, -0.05) is 36.2 Å². The highest BCUT2D eigenvalue weighted by molar-refractivity contribution is 9.10. The van der Waals surface area contributed by atoms with Crippen LogP contribution >= 0.6 is 39.1 Å². The van der Waals surface area contributed by atoms with Crippen LogP contribution in [-0.2, 0) is 16.2 Å².